The van der Waals surface area contributed by atoms with Crippen molar-refractivity contribution >= 4 is 12.0 Å². The van der Waals surface area contributed by atoms with Crippen molar-refractivity contribution in [3.05, 3.63) is 0 Å². The van der Waals surface area contributed by atoms with Crippen molar-refractivity contribution in [1.82, 2.24) is 15.5 Å². The Labute approximate surface area is 119 Å². The summed E-state index contributed by atoms with van der Waals surface area (Å²) in [5.41, 5.74) is 0. The number of rotatable bonds is 8. The second-order valence-electron chi connectivity index (χ2n) is 5.09. The topological polar surface area (TPSA) is 90.9 Å². The minimum absolute atomic E-state index is 0.120. The van der Waals surface area contributed by atoms with Gasteiger partial charge in [0.15, 0.2) is 0 Å². The molecule has 116 valence electrons. The molecule has 2 atom stereocenters. The van der Waals surface area contributed by atoms with E-state index in [4.69, 9.17) is 9.84 Å². The number of nitrogens with one attached hydrogen (secondary N) is 2. The highest BCUT2D eigenvalue weighted by molar-refractivity contribution is 5.74. The van der Waals surface area contributed by atoms with Crippen LogP contribution in [0, 0.1) is 5.92 Å². The number of hydrogen-bond donors (Lipinski definition) is 3. The molecule has 0 saturated carbocycles. The Hall–Kier alpha value is -1.34. The van der Waals surface area contributed by atoms with Crippen molar-refractivity contribution in [2.75, 3.05) is 39.8 Å². The average Bonchev–Trinajstić information content (AvgIpc) is 2.88. The molecule has 1 rings (SSSR count). The smallest absolute Gasteiger partial charge is 0.314 e. The average molecular weight is 287 g/mol. The number of nitrogens with zero attached hydrogens (tertiary/aromatic N) is 1. The number of amides is 2. The molecule has 2 unspecified atom stereocenters. The Morgan fingerprint density at radius 3 is 2.75 bits per heavy atom. The summed E-state index contributed by atoms with van der Waals surface area (Å²) < 4.78 is 4.99. The van der Waals surface area contributed by atoms with E-state index in [9.17, 15) is 9.59 Å². The van der Waals surface area contributed by atoms with Gasteiger partial charge < -0.3 is 25.4 Å². The highest BCUT2D eigenvalue weighted by Crippen LogP contribution is 2.14. The van der Waals surface area contributed by atoms with Gasteiger partial charge in [-0.3, -0.25) is 4.79 Å². The van der Waals surface area contributed by atoms with Crippen LogP contribution in [0.3, 0.4) is 0 Å². The molecule has 20 heavy (non-hydrogen) atoms. The van der Waals surface area contributed by atoms with Crippen LogP contribution in [0.5, 0.6) is 0 Å². The second-order valence-corrected chi connectivity index (χ2v) is 5.09. The molecular weight excluding hydrogens is 262 g/mol. The number of carboxylic acids is 1. The van der Waals surface area contributed by atoms with Gasteiger partial charge in [-0.1, -0.05) is 6.92 Å². The molecule has 0 radical (unpaired) electrons. The summed E-state index contributed by atoms with van der Waals surface area (Å²) in [4.78, 5) is 24.5. The summed E-state index contributed by atoms with van der Waals surface area (Å²) >= 11 is 0. The molecule has 0 aliphatic carbocycles. The van der Waals surface area contributed by atoms with Gasteiger partial charge in [0, 0.05) is 26.7 Å². The van der Waals surface area contributed by atoms with Crippen molar-refractivity contribution in [2.45, 2.75) is 25.9 Å². The van der Waals surface area contributed by atoms with Gasteiger partial charge in [0.25, 0.3) is 0 Å². The van der Waals surface area contributed by atoms with Crippen LogP contribution >= 0.6 is 0 Å². The van der Waals surface area contributed by atoms with Crippen LogP contribution in [0.1, 0.15) is 19.8 Å². The summed E-state index contributed by atoms with van der Waals surface area (Å²) in [5.74, 6) is -0.442. The lowest BCUT2D eigenvalue weighted by atomic mass is 10.1. The zero-order valence-corrected chi connectivity index (χ0v) is 12.2. The first-order valence-electron chi connectivity index (χ1n) is 7.03. The fraction of sp³-hybridized carbons (Fsp3) is 0.846. The normalized spacial score (nSPS) is 20.6. The molecule has 1 aliphatic heterocycles. The maximum atomic E-state index is 11.6. The summed E-state index contributed by atoms with van der Waals surface area (Å²) in [5, 5.41) is 14.1. The molecule has 0 aromatic heterocycles. The molecule has 0 aromatic rings. The van der Waals surface area contributed by atoms with Crippen molar-refractivity contribution in [2.24, 2.45) is 5.92 Å². The number of carbonyl (C=O) groups excluding carboxylic acids is 1. The summed E-state index contributed by atoms with van der Waals surface area (Å²) in [7, 11) is 1.44. The predicted molar refractivity (Wildman–Crippen MR) is 74.7 cm³/mol. The first-order chi connectivity index (χ1) is 9.55. The number of urea groups is 1. The van der Waals surface area contributed by atoms with Gasteiger partial charge in [0.05, 0.1) is 12.5 Å². The first kappa shape index (κ1) is 16.7. The van der Waals surface area contributed by atoms with E-state index >= 15 is 0 Å². The standard InChI is InChI=1S/C13H25N3O4/c1-3-16-5-4-10(9-16)7-14-13(19)15-8-11(20-2)6-12(17)18/h10-11H,3-9H2,1-2H3,(H,17,18)(H2,14,15,19). The first-order valence-corrected chi connectivity index (χ1v) is 7.03. The largest absolute Gasteiger partial charge is 0.481 e. The molecule has 3 N–H and O–H groups in total. The van der Waals surface area contributed by atoms with Crippen molar-refractivity contribution < 1.29 is 19.4 Å². The van der Waals surface area contributed by atoms with Crippen molar-refractivity contribution in [3.8, 4) is 0 Å². The molecule has 7 nitrogen and oxygen atoms in total. The Balaban J connectivity index is 2.15. The highest BCUT2D eigenvalue weighted by Gasteiger charge is 2.21. The third-order valence-electron chi connectivity index (χ3n) is 3.59. The van der Waals surface area contributed by atoms with Gasteiger partial charge in [-0.2, -0.15) is 0 Å². The predicted octanol–water partition coefficient (Wildman–Crippen LogP) is 0.117. The number of likely N-dealkylation sites (tertiary alicyclic amines) is 1. The number of aliphatic carboxylic acids is 1. The second kappa shape index (κ2) is 8.76. The SMILES string of the molecule is CCN1CCC(CNC(=O)NCC(CC(=O)O)OC)C1. The lowest BCUT2D eigenvalue weighted by Gasteiger charge is -2.16. The summed E-state index contributed by atoms with van der Waals surface area (Å²) in [6.45, 7) is 6.15. The monoisotopic (exact) mass is 287 g/mol. The van der Waals surface area contributed by atoms with E-state index in [1.54, 1.807) is 0 Å². The summed E-state index contributed by atoms with van der Waals surface area (Å²) in [6, 6.07) is -0.271. The minimum atomic E-state index is -0.940. The fourth-order valence-corrected chi connectivity index (χ4v) is 2.31. The van der Waals surface area contributed by atoms with Gasteiger partial charge in [-0.15, -0.1) is 0 Å². The van der Waals surface area contributed by atoms with Gasteiger partial charge in [-0.05, 0) is 25.4 Å². The van der Waals surface area contributed by atoms with Crippen LogP contribution in [-0.2, 0) is 9.53 Å². The molecule has 0 bridgehead atoms. The molecule has 0 aromatic carbocycles. The fourth-order valence-electron chi connectivity index (χ4n) is 2.31. The summed E-state index contributed by atoms with van der Waals surface area (Å²) in [6.07, 6.45) is 0.485. The van der Waals surface area contributed by atoms with Crippen LogP contribution in [0.25, 0.3) is 0 Å². The van der Waals surface area contributed by atoms with Gasteiger partial charge in [0.1, 0.15) is 0 Å². The van der Waals surface area contributed by atoms with Gasteiger partial charge >= 0.3 is 12.0 Å². The molecule has 2 amide bonds. The quantitative estimate of drug-likeness (QED) is 0.590. The van der Waals surface area contributed by atoms with E-state index < -0.39 is 12.1 Å². The van der Waals surface area contributed by atoms with E-state index in [1.165, 1.54) is 7.11 Å². The van der Waals surface area contributed by atoms with Crippen molar-refractivity contribution in [1.29, 1.82) is 0 Å². The molecule has 1 heterocycles. The minimum Gasteiger partial charge on any atom is -0.481 e. The molecule has 1 fully saturated rings. The third-order valence-corrected chi connectivity index (χ3v) is 3.59. The maximum Gasteiger partial charge on any atom is 0.314 e. The molecule has 0 spiro atoms. The van der Waals surface area contributed by atoms with Gasteiger partial charge in [-0.25, -0.2) is 4.79 Å². The van der Waals surface area contributed by atoms with Crippen LogP contribution in [0.4, 0.5) is 4.79 Å². The number of hydrogen-bond acceptors (Lipinski definition) is 4. The van der Waals surface area contributed by atoms with E-state index in [0.717, 1.165) is 26.1 Å². The van der Waals surface area contributed by atoms with Gasteiger partial charge in [0.2, 0.25) is 0 Å². The Morgan fingerprint density at radius 1 is 1.45 bits per heavy atom. The van der Waals surface area contributed by atoms with Crippen LogP contribution < -0.4 is 10.6 Å². The van der Waals surface area contributed by atoms with Crippen molar-refractivity contribution in [3.63, 3.8) is 0 Å². The zero-order valence-electron chi connectivity index (χ0n) is 12.2. The van der Waals surface area contributed by atoms with Crippen LogP contribution in [-0.4, -0.2) is 67.9 Å². The van der Waals surface area contributed by atoms with E-state index in [2.05, 4.69) is 22.5 Å². The maximum absolute atomic E-state index is 11.6. The number of carboxylic acid groups (broad SMARTS) is 1. The molecular formula is C13H25N3O4. The Kier molecular flexibility index (Phi) is 7.32. The van der Waals surface area contributed by atoms with Crippen LogP contribution in [0.2, 0.25) is 0 Å². The molecule has 1 aliphatic rings. The lowest BCUT2D eigenvalue weighted by Crippen LogP contribution is -2.42. The number of ether oxygens (including phenoxy) is 1. The highest BCUT2D eigenvalue weighted by atomic mass is 16.5. The third kappa shape index (κ3) is 6.21. The Bertz CT molecular complexity index is 325. The molecule has 1 saturated heterocycles. The number of carbonyl (C=O) groups is 2. The van der Waals surface area contributed by atoms with E-state index in [0.29, 0.717) is 12.5 Å². The number of methoxy groups -OCH3 is 1. The molecule has 7 heteroatoms. The van der Waals surface area contributed by atoms with E-state index in [-0.39, 0.29) is 19.0 Å². The lowest BCUT2D eigenvalue weighted by molar-refractivity contribution is -0.139. The van der Waals surface area contributed by atoms with Crippen LogP contribution in [0.15, 0.2) is 0 Å². The Morgan fingerprint density at radius 2 is 2.20 bits per heavy atom. The van der Waals surface area contributed by atoms with E-state index in [1.807, 2.05) is 0 Å². The zero-order chi connectivity index (χ0) is 15.0.